The molecule has 2 rings (SSSR count). The maximum atomic E-state index is 8.68. The van der Waals surface area contributed by atoms with Gasteiger partial charge in [-0.2, -0.15) is 0 Å². The number of aliphatic hydroxyl groups excluding tert-OH is 1. The summed E-state index contributed by atoms with van der Waals surface area (Å²) in [6.45, 7) is 0.687. The molecule has 0 aliphatic rings. The second kappa shape index (κ2) is 7.98. The summed E-state index contributed by atoms with van der Waals surface area (Å²) in [6, 6.07) is 12.1. The van der Waals surface area contributed by atoms with Crippen molar-refractivity contribution >= 4 is 0 Å². The monoisotopic (exact) mass is 267 g/mol. The van der Waals surface area contributed by atoms with Gasteiger partial charge in [-0.3, -0.25) is 4.98 Å². The molecule has 0 aliphatic carbocycles. The maximum absolute atomic E-state index is 8.68. The summed E-state index contributed by atoms with van der Waals surface area (Å²) >= 11 is 0. The first kappa shape index (κ1) is 14.1. The predicted molar refractivity (Wildman–Crippen MR) is 78.5 cm³/mol. The minimum Gasteiger partial charge on any atom is -0.492 e. The molecule has 1 aromatic carbocycles. The Morgan fingerprint density at radius 1 is 1.15 bits per heavy atom. The van der Waals surface area contributed by atoms with Crippen LogP contribution in [0.3, 0.4) is 0 Å². The fraction of sp³-hybridized carbons (Fsp3) is 0.235. The van der Waals surface area contributed by atoms with E-state index in [1.807, 2.05) is 24.3 Å². The van der Waals surface area contributed by atoms with Gasteiger partial charge in [-0.05, 0) is 11.6 Å². The van der Waals surface area contributed by atoms with Gasteiger partial charge in [0, 0.05) is 24.6 Å². The van der Waals surface area contributed by atoms with Crippen molar-refractivity contribution in [3.63, 3.8) is 0 Å². The Hall–Kier alpha value is -2.31. The van der Waals surface area contributed by atoms with Crippen molar-refractivity contribution in [2.75, 3.05) is 13.2 Å². The Morgan fingerprint density at radius 3 is 2.80 bits per heavy atom. The van der Waals surface area contributed by atoms with Crippen LogP contribution in [-0.4, -0.2) is 23.3 Å². The summed E-state index contributed by atoms with van der Waals surface area (Å²) in [6.07, 6.45) is 4.71. The molecule has 1 N–H and O–H groups in total. The van der Waals surface area contributed by atoms with E-state index in [1.165, 1.54) is 5.56 Å². The van der Waals surface area contributed by atoms with Crippen molar-refractivity contribution in [3.05, 3.63) is 59.9 Å². The Morgan fingerprint density at radius 2 is 2.00 bits per heavy atom. The summed E-state index contributed by atoms with van der Waals surface area (Å²) in [4.78, 5) is 4.10. The first-order valence-corrected chi connectivity index (χ1v) is 6.60. The molecule has 0 spiro atoms. The second-order valence-corrected chi connectivity index (χ2v) is 4.27. The number of rotatable bonds is 5. The van der Waals surface area contributed by atoms with E-state index in [9.17, 15) is 0 Å². The van der Waals surface area contributed by atoms with Crippen LogP contribution < -0.4 is 4.74 Å². The van der Waals surface area contributed by atoms with Gasteiger partial charge in [0.05, 0.1) is 19.4 Å². The number of benzene rings is 1. The molecule has 102 valence electrons. The molecule has 20 heavy (non-hydrogen) atoms. The van der Waals surface area contributed by atoms with Crippen LogP contribution in [0.2, 0.25) is 0 Å². The van der Waals surface area contributed by atoms with Crippen molar-refractivity contribution in [3.8, 4) is 17.6 Å². The smallest absolute Gasteiger partial charge is 0.138 e. The van der Waals surface area contributed by atoms with Gasteiger partial charge in [0.2, 0.25) is 0 Å². The molecule has 3 heteroatoms. The van der Waals surface area contributed by atoms with Gasteiger partial charge >= 0.3 is 0 Å². The second-order valence-electron chi connectivity index (χ2n) is 4.27. The summed E-state index contributed by atoms with van der Waals surface area (Å²) in [5.74, 6) is 6.53. The molecular weight excluding hydrogens is 250 g/mol. The highest BCUT2D eigenvalue weighted by atomic mass is 16.5. The number of hydrogen-bond donors (Lipinski definition) is 1. The lowest BCUT2D eigenvalue weighted by Crippen LogP contribution is -2.01. The average molecular weight is 267 g/mol. The molecule has 1 heterocycles. The van der Waals surface area contributed by atoms with Crippen LogP contribution in [0.5, 0.6) is 5.75 Å². The van der Waals surface area contributed by atoms with E-state index in [1.54, 1.807) is 12.4 Å². The molecule has 0 fully saturated rings. The molecular formula is C17H17NO2. The zero-order chi connectivity index (χ0) is 14.0. The molecule has 0 radical (unpaired) electrons. The van der Waals surface area contributed by atoms with Crippen LogP contribution in [0.15, 0.2) is 48.8 Å². The molecule has 0 bridgehead atoms. The fourth-order valence-corrected chi connectivity index (χ4v) is 1.72. The average Bonchev–Trinajstić information content (AvgIpc) is 2.49. The van der Waals surface area contributed by atoms with E-state index in [0.29, 0.717) is 13.0 Å². The van der Waals surface area contributed by atoms with Crippen LogP contribution in [0, 0.1) is 11.8 Å². The lowest BCUT2D eigenvalue weighted by Gasteiger charge is -2.06. The van der Waals surface area contributed by atoms with Crippen LogP contribution in [0.1, 0.15) is 17.5 Å². The highest BCUT2D eigenvalue weighted by Gasteiger charge is 1.97. The number of nitrogens with zero attached hydrogens (tertiary/aromatic N) is 1. The van der Waals surface area contributed by atoms with Gasteiger partial charge < -0.3 is 9.84 Å². The molecule has 0 atom stereocenters. The number of ether oxygens (including phenoxy) is 1. The van der Waals surface area contributed by atoms with Crippen molar-refractivity contribution in [1.29, 1.82) is 0 Å². The summed E-state index contributed by atoms with van der Waals surface area (Å²) in [5.41, 5.74) is 2.05. The minimum atomic E-state index is 0.0771. The van der Waals surface area contributed by atoms with E-state index in [0.717, 1.165) is 17.7 Å². The molecule has 3 nitrogen and oxygen atoms in total. The first-order valence-electron chi connectivity index (χ1n) is 6.60. The van der Waals surface area contributed by atoms with Gasteiger partial charge in [0.25, 0.3) is 0 Å². The molecule has 0 saturated heterocycles. The van der Waals surface area contributed by atoms with Gasteiger partial charge in [-0.25, -0.2) is 0 Å². The van der Waals surface area contributed by atoms with Gasteiger partial charge in [0.1, 0.15) is 5.75 Å². The van der Waals surface area contributed by atoms with Crippen LogP contribution in [0.25, 0.3) is 0 Å². The quantitative estimate of drug-likeness (QED) is 0.846. The summed E-state index contributed by atoms with van der Waals surface area (Å²) in [5, 5.41) is 8.68. The highest BCUT2D eigenvalue weighted by molar-refractivity contribution is 5.36. The van der Waals surface area contributed by atoms with E-state index >= 15 is 0 Å². The van der Waals surface area contributed by atoms with E-state index < -0.39 is 0 Å². The van der Waals surface area contributed by atoms with Crippen molar-refractivity contribution < 1.29 is 9.84 Å². The summed E-state index contributed by atoms with van der Waals surface area (Å²) in [7, 11) is 0. The Bertz CT molecular complexity index is 585. The topological polar surface area (TPSA) is 42.4 Å². The van der Waals surface area contributed by atoms with Crippen LogP contribution >= 0.6 is 0 Å². The predicted octanol–water partition coefficient (Wildman–Crippen LogP) is 2.44. The third kappa shape index (κ3) is 4.75. The third-order valence-corrected chi connectivity index (χ3v) is 2.68. The number of pyridine rings is 1. The standard InChI is InChI=1S/C17H17NO2/c19-10-5-4-8-16-12-17(14-18-13-16)20-11-9-15-6-2-1-3-7-15/h1-3,6-7,12-14,19H,5,9-11H2. The minimum absolute atomic E-state index is 0.0771. The molecule has 0 amide bonds. The van der Waals surface area contributed by atoms with Crippen LogP contribution in [0.4, 0.5) is 0 Å². The van der Waals surface area contributed by atoms with Crippen molar-refractivity contribution in [2.45, 2.75) is 12.8 Å². The molecule has 0 unspecified atom stereocenters. The van der Waals surface area contributed by atoms with Crippen LogP contribution in [-0.2, 0) is 6.42 Å². The SMILES string of the molecule is OCCC#Cc1cncc(OCCc2ccccc2)c1. The first-order chi connectivity index (χ1) is 9.88. The van der Waals surface area contributed by atoms with Gasteiger partial charge in [0.15, 0.2) is 0 Å². The summed E-state index contributed by atoms with van der Waals surface area (Å²) < 4.78 is 5.68. The third-order valence-electron chi connectivity index (χ3n) is 2.68. The maximum Gasteiger partial charge on any atom is 0.138 e. The fourth-order valence-electron chi connectivity index (χ4n) is 1.72. The number of hydrogen-bond acceptors (Lipinski definition) is 3. The highest BCUT2D eigenvalue weighted by Crippen LogP contribution is 2.11. The zero-order valence-electron chi connectivity index (χ0n) is 11.2. The molecule has 0 saturated carbocycles. The zero-order valence-corrected chi connectivity index (χ0v) is 11.2. The number of aliphatic hydroxyl groups is 1. The number of aromatic nitrogens is 1. The van der Waals surface area contributed by atoms with Crippen molar-refractivity contribution in [2.24, 2.45) is 0 Å². The van der Waals surface area contributed by atoms with E-state index in [-0.39, 0.29) is 6.61 Å². The Kier molecular flexibility index (Phi) is 5.63. The molecule has 0 aliphatic heterocycles. The van der Waals surface area contributed by atoms with E-state index in [4.69, 9.17) is 9.84 Å². The molecule has 1 aromatic heterocycles. The largest absolute Gasteiger partial charge is 0.492 e. The Balaban J connectivity index is 1.87. The normalized spacial score (nSPS) is 9.65. The van der Waals surface area contributed by atoms with E-state index in [2.05, 4.69) is 29.0 Å². The van der Waals surface area contributed by atoms with Crippen molar-refractivity contribution in [1.82, 2.24) is 4.98 Å². The lowest BCUT2D eigenvalue weighted by molar-refractivity contribution is 0.305. The van der Waals surface area contributed by atoms with Gasteiger partial charge in [-0.1, -0.05) is 42.2 Å². The lowest BCUT2D eigenvalue weighted by atomic mass is 10.2. The molecule has 2 aromatic rings. The van der Waals surface area contributed by atoms with Gasteiger partial charge in [-0.15, -0.1) is 0 Å². The Labute approximate surface area is 119 Å².